The van der Waals surface area contributed by atoms with Crippen LogP contribution in [0.1, 0.15) is 38.3 Å². The number of nitrogens with zero attached hydrogens (tertiary/aromatic N) is 2. The first-order valence-electron chi connectivity index (χ1n) is 6.95. The zero-order valence-electron chi connectivity index (χ0n) is 11.8. The Kier molecular flexibility index (Phi) is 4.20. The molecule has 1 aromatic heterocycles. The van der Waals surface area contributed by atoms with Gasteiger partial charge in [0.05, 0.1) is 17.8 Å². The molecule has 1 aliphatic rings. The highest BCUT2D eigenvalue weighted by Crippen LogP contribution is 2.31. The van der Waals surface area contributed by atoms with Gasteiger partial charge in [0.1, 0.15) is 0 Å². The zero-order valence-corrected chi connectivity index (χ0v) is 11.8. The van der Waals surface area contributed by atoms with E-state index in [0.717, 1.165) is 25.0 Å². The summed E-state index contributed by atoms with van der Waals surface area (Å²) in [5, 5.41) is 0. The lowest BCUT2D eigenvalue weighted by Gasteiger charge is -2.38. The first kappa shape index (κ1) is 14.0. The molecule has 2 unspecified atom stereocenters. The molecule has 4 heteroatoms. The fourth-order valence-electron chi connectivity index (χ4n) is 2.97. The molecular weight excluding hydrogens is 238 g/mol. The van der Waals surface area contributed by atoms with Crippen molar-refractivity contribution < 1.29 is 4.79 Å². The summed E-state index contributed by atoms with van der Waals surface area (Å²) < 4.78 is 0. The molecule has 1 aromatic rings. The van der Waals surface area contributed by atoms with Crippen LogP contribution in [0, 0.1) is 5.92 Å². The van der Waals surface area contributed by atoms with Gasteiger partial charge in [-0.3, -0.25) is 9.78 Å². The summed E-state index contributed by atoms with van der Waals surface area (Å²) in [5.41, 5.74) is 6.55. The summed E-state index contributed by atoms with van der Waals surface area (Å²) in [6.45, 7) is 2.69. The lowest BCUT2D eigenvalue weighted by Crippen LogP contribution is -2.56. The largest absolute Gasteiger partial charge is 0.338 e. The van der Waals surface area contributed by atoms with E-state index < -0.39 is 5.54 Å². The van der Waals surface area contributed by atoms with Crippen LogP contribution in [0.4, 0.5) is 0 Å². The van der Waals surface area contributed by atoms with Gasteiger partial charge in [0, 0.05) is 13.2 Å². The molecule has 19 heavy (non-hydrogen) atoms. The van der Waals surface area contributed by atoms with Crippen molar-refractivity contribution in [3.05, 3.63) is 30.1 Å². The summed E-state index contributed by atoms with van der Waals surface area (Å²) in [4.78, 5) is 18.5. The van der Waals surface area contributed by atoms with Crippen LogP contribution >= 0.6 is 0 Å². The predicted molar refractivity (Wildman–Crippen MR) is 75.3 cm³/mol. The van der Waals surface area contributed by atoms with Gasteiger partial charge in [0.25, 0.3) is 0 Å². The number of carbonyl (C=O) groups is 1. The minimum atomic E-state index is -0.679. The third-order valence-electron chi connectivity index (χ3n) is 3.93. The zero-order chi connectivity index (χ0) is 13.9. The van der Waals surface area contributed by atoms with Crippen LogP contribution in [0.25, 0.3) is 0 Å². The number of rotatable bonds is 3. The van der Waals surface area contributed by atoms with Crippen molar-refractivity contribution in [2.75, 3.05) is 7.05 Å². The molecule has 1 amide bonds. The molecular formula is C15H23N3O. The van der Waals surface area contributed by atoms with Crippen LogP contribution in [0.2, 0.25) is 0 Å². The second-order valence-corrected chi connectivity index (χ2v) is 5.84. The molecule has 1 heterocycles. The summed E-state index contributed by atoms with van der Waals surface area (Å²) >= 11 is 0. The number of hydrogen-bond donors (Lipinski definition) is 1. The van der Waals surface area contributed by atoms with Crippen LogP contribution in [0.3, 0.4) is 0 Å². The van der Waals surface area contributed by atoms with Crippen LogP contribution in [0.5, 0.6) is 0 Å². The molecule has 104 valence electrons. The smallest absolute Gasteiger partial charge is 0.242 e. The van der Waals surface area contributed by atoms with Gasteiger partial charge in [0.15, 0.2) is 0 Å². The van der Waals surface area contributed by atoms with E-state index >= 15 is 0 Å². The summed E-state index contributed by atoms with van der Waals surface area (Å²) in [5.74, 6) is 0.579. The van der Waals surface area contributed by atoms with Crippen LogP contribution in [-0.4, -0.2) is 28.4 Å². The molecule has 4 nitrogen and oxygen atoms in total. The fraction of sp³-hybridized carbons (Fsp3) is 0.600. The van der Waals surface area contributed by atoms with Gasteiger partial charge in [-0.25, -0.2) is 0 Å². The van der Waals surface area contributed by atoms with Crippen molar-refractivity contribution in [1.82, 2.24) is 9.88 Å². The maximum Gasteiger partial charge on any atom is 0.242 e. The molecule has 0 radical (unpaired) electrons. The van der Waals surface area contributed by atoms with Gasteiger partial charge in [-0.1, -0.05) is 25.8 Å². The van der Waals surface area contributed by atoms with Gasteiger partial charge in [-0.05, 0) is 30.9 Å². The van der Waals surface area contributed by atoms with E-state index in [9.17, 15) is 4.79 Å². The molecule has 1 aliphatic carbocycles. The average Bonchev–Trinajstić information content (AvgIpc) is 2.38. The van der Waals surface area contributed by atoms with Crippen LogP contribution in [0.15, 0.2) is 24.4 Å². The maximum atomic E-state index is 12.5. The van der Waals surface area contributed by atoms with E-state index in [4.69, 9.17) is 5.73 Å². The quantitative estimate of drug-likeness (QED) is 0.904. The third kappa shape index (κ3) is 3.32. The molecule has 2 N–H and O–H groups in total. The molecule has 1 saturated carbocycles. The maximum absolute atomic E-state index is 12.5. The van der Waals surface area contributed by atoms with E-state index in [1.54, 1.807) is 11.1 Å². The second kappa shape index (κ2) is 5.70. The van der Waals surface area contributed by atoms with Crippen molar-refractivity contribution >= 4 is 5.91 Å². The highest BCUT2D eigenvalue weighted by molar-refractivity contribution is 5.86. The van der Waals surface area contributed by atoms with E-state index in [2.05, 4.69) is 11.9 Å². The molecule has 0 aliphatic heterocycles. The van der Waals surface area contributed by atoms with Gasteiger partial charge in [0.2, 0.25) is 5.91 Å². The molecule has 0 saturated heterocycles. The number of amides is 1. The van der Waals surface area contributed by atoms with E-state index in [-0.39, 0.29) is 5.91 Å². The second-order valence-electron chi connectivity index (χ2n) is 5.84. The average molecular weight is 261 g/mol. The summed E-state index contributed by atoms with van der Waals surface area (Å²) in [6, 6.07) is 5.73. The minimum absolute atomic E-state index is 0.0460. The summed E-state index contributed by atoms with van der Waals surface area (Å²) in [7, 11) is 1.81. The lowest BCUT2D eigenvalue weighted by molar-refractivity contribution is -0.138. The topological polar surface area (TPSA) is 59.2 Å². The Morgan fingerprint density at radius 1 is 1.58 bits per heavy atom. The van der Waals surface area contributed by atoms with Crippen molar-refractivity contribution in [2.45, 2.75) is 44.7 Å². The number of carbonyl (C=O) groups excluding carboxylic acids is 1. The Labute approximate surface area is 115 Å². The highest BCUT2D eigenvalue weighted by Gasteiger charge is 2.39. The van der Waals surface area contributed by atoms with Crippen molar-refractivity contribution in [3.8, 4) is 0 Å². The molecule has 0 spiro atoms. The van der Waals surface area contributed by atoms with Crippen LogP contribution < -0.4 is 5.73 Å². The van der Waals surface area contributed by atoms with Gasteiger partial charge < -0.3 is 10.6 Å². The van der Waals surface area contributed by atoms with Crippen LogP contribution in [-0.2, 0) is 11.3 Å². The van der Waals surface area contributed by atoms with E-state index in [0.29, 0.717) is 12.5 Å². The Balaban J connectivity index is 2.02. The van der Waals surface area contributed by atoms with Gasteiger partial charge in [-0.15, -0.1) is 0 Å². The Morgan fingerprint density at radius 2 is 2.37 bits per heavy atom. The number of hydrogen-bond acceptors (Lipinski definition) is 3. The van der Waals surface area contributed by atoms with E-state index in [1.807, 2.05) is 25.2 Å². The molecule has 2 rings (SSSR count). The Morgan fingerprint density at radius 3 is 3.00 bits per heavy atom. The minimum Gasteiger partial charge on any atom is -0.338 e. The number of pyridine rings is 1. The molecule has 1 fully saturated rings. The number of nitrogens with two attached hydrogens (primary N) is 1. The van der Waals surface area contributed by atoms with Crippen molar-refractivity contribution in [3.63, 3.8) is 0 Å². The molecule has 0 bridgehead atoms. The number of likely N-dealkylation sites (N-methyl/N-ethyl adjacent to an activating group) is 1. The normalized spacial score (nSPS) is 27.0. The predicted octanol–water partition coefficient (Wildman–Crippen LogP) is 1.95. The monoisotopic (exact) mass is 261 g/mol. The Bertz CT molecular complexity index is 434. The van der Waals surface area contributed by atoms with E-state index in [1.165, 1.54) is 6.42 Å². The van der Waals surface area contributed by atoms with Gasteiger partial charge in [-0.2, -0.15) is 0 Å². The summed E-state index contributed by atoms with van der Waals surface area (Å²) in [6.07, 6.45) is 5.55. The highest BCUT2D eigenvalue weighted by atomic mass is 16.2. The van der Waals surface area contributed by atoms with Crippen molar-refractivity contribution in [1.29, 1.82) is 0 Å². The third-order valence-corrected chi connectivity index (χ3v) is 3.93. The molecule has 2 atom stereocenters. The first-order chi connectivity index (χ1) is 9.01. The fourth-order valence-corrected chi connectivity index (χ4v) is 2.97. The number of aromatic nitrogens is 1. The lowest BCUT2D eigenvalue weighted by atomic mass is 9.76. The first-order valence-corrected chi connectivity index (χ1v) is 6.95. The molecule has 0 aromatic carbocycles. The standard InChI is InChI=1S/C15H23N3O/c1-12-6-5-8-15(16,10-12)14(19)18(2)11-13-7-3-4-9-17-13/h3-4,7,9,12H,5-6,8,10-11,16H2,1-2H3. The van der Waals surface area contributed by atoms with Gasteiger partial charge >= 0.3 is 0 Å². The van der Waals surface area contributed by atoms with Crippen molar-refractivity contribution in [2.24, 2.45) is 11.7 Å². The Hall–Kier alpha value is -1.42. The SMILES string of the molecule is CC1CCCC(N)(C(=O)N(C)Cc2ccccn2)C1.